The Bertz CT molecular complexity index is 976. The van der Waals surface area contributed by atoms with Crippen LogP contribution >= 0.6 is 11.6 Å². The van der Waals surface area contributed by atoms with E-state index in [1.807, 2.05) is 12.1 Å². The van der Waals surface area contributed by atoms with Gasteiger partial charge in [-0.25, -0.2) is 0 Å². The average molecular weight is 487 g/mol. The molecule has 0 aliphatic heterocycles. The van der Waals surface area contributed by atoms with Gasteiger partial charge in [-0.1, -0.05) is 111 Å². The van der Waals surface area contributed by atoms with Gasteiger partial charge in [0.15, 0.2) is 0 Å². The number of hydrogen-bond donors (Lipinski definition) is 0. The van der Waals surface area contributed by atoms with E-state index in [9.17, 15) is 0 Å². The topological polar surface area (TPSA) is 0 Å². The largest absolute Gasteiger partial charge is 0.0843 e. The van der Waals surface area contributed by atoms with E-state index in [0.29, 0.717) is 0 Å². The van der Waals surface area contributed by atoms with Gasteiger partial charge in [0.05, 0.1) is 0 Å². The van der Waals surface area contributed by atoms with Crippen molar-refractivity contribution in [2.24, 2.45) is 11.8 Å². The molecule has 0 bridgehead atoms. The fourth-order valence-corrected chi connectivity index (χ4v) is 5.74. The van der Waals surface area contributed by atoms with Crippen molar-refractivity contribution in [3.8, 4) is 0 Å². The Balaban J connectivity index is 1.11. The summed E-state index contributed by atoms with van der Waals surface area (Å²) in [5.74, 6) is 1.86. The minimum atomic E-state index is 0.815. The van der Waals surface area contributed by atoms with Gasteiger partial charge < -0.3 is 0 Å². The second-order valence-electron chi connectivity index (χ2n) is 10.8. The predicted molar refractivity (Wildman–Crippen MR) is 152 cm³/mol. The van der Waals surface area contributed by atoms with Crippen LogP contribution in [0.3, 0.4) is 0 Å². The van der Waals surface area contributed by atoms with Crippen LogP contribution < -0.4 is 0 Å². The first-order valence-corrected chi connectivity index (χ1v) is 14.5. The van der Waals surface area contributed by atoms with Crippen molar-refractivity contribution in [2.45, 2.75) is 90.4 Å². The second-order valence-corrected chi connectivity index (χ2v) is 11.3. The smallest absolute Gasteiger partial charge is 0.0406 e. The minimum Gasteiger partial charge on any atom is -0.0843 e. The molecule has 1 aliphatic rings. The normalized spacial score (nSPS) is 18.0. The van der Waals surface area contributed by atoms with Gasteiger partial charge in [-0.2, -0.15) is 0 Å². The third-order valence-electron chi connectivity index (χ3n) is 8.13. The fraction of sp³-hybridized carbons (Fsp3) is 0.471. The van der Waals surface area contributed by atoms with Crippen molar-refractivity contribution in [1.29, 1.82) is 0 Å². The van der Waals surface area contributed by atoms with Gasteiger partial charge >= 0.3 is 0 Å². The third kappa shape index (κ3) is 8.84. The molecule has 0 amide bonds. The lowest BCUT2D eigenvalue weighted by atomic mass is 9.77. The molecular formula is C34H43Cl. The van der Waals surface area contributed by atoms with Crippen molar-refractivity contribution >= 4 is 11.6 Å². The summed E-state index contributed by atoms with van der Waals surface area (Å²) in [6.07, 6.45) is 16.9. The van der Waals surface area contributed by atoms with Gasteiger partial charge in [0, 0.05) is 5.02 Å². The second kappa shape index (κ2) is 13.9. The van der Waals surface area contributed by atoms with Crippen LogP contribution in [-0.2, 0) is 32.1 Å². The lowest BCUT2D eigenvalue weighted by Gasteiger charge is -2.28. The summed E-state index contributed by atoms with van der Waals surface area (Å²) in [4.78, 5) is 0. The molecule has 0 spiro atoms. The Morgan fingerprint density at radius 2 is 0.857 bits per heavy atom. The van der Waals surface area contributed by atoms with E-state index in [0.717, 1.165) is 29.7 Å². The van der Waals surface area contributed by atoms with Gasteiger partial charge in [-0.3, -0.25) is 0 Å². The summed E-state index contributed by atoms with van der Waals surface area (Å²) in [5, 5.41) is 0.815. The lowest BCUT2D eigenvalue weighted by Crippen LogP contribution is -2.15. The van der Waals surface area contributed by atoms with Crippen LogP contribution in [0.1, 0.15) is 86.1 Å². The zero-order valence-corrected chi connectivity index (χ0v) is 22.4. The minimum absolute atomic E-state index is 0.815. The zero-order valence-electron chi connectivity index (χ0n) is 21.7. The number of benzene rings is 3. The number of unbranched alkanes of at least 4 members (excludes halogenated alkanes) is 1. The van der Waals surface area contributed by atoms with Crippen LogP contribution in [0.2, 0.25) is 5.02 Å². The van der Waals surface area contributed by atoms with E-state index in [-0.39, 0.29) is 0 Å². The summed E-state index contributed by atoms with van der Waals surface area (Å²) >= 11 is 5.99. The molecule has 1 heteroatoms. The van der Waals surface area contributed by atoms with Crippen molar-refractivity contribution < 1.29 is 0 Å². The molecule has 0 atom stereocenters. The average Bonchev–Trinajstić information content (AvgIpc) is 2.91. The number of aryl methyl sites for hydroxylation is 5. The molecule has 0 saturated heterocycles. The highest BCUT2D eigenvalue weighted by atomic mass is 35.5. The first-order chi connectivity index (χ1) is 17.2. The van der Waals surface area contributed by atoms with Crippen LogP contribution in [-0.4, -0.2) is 0 Å². The predicted octanol–water partition coefficient (Wildman–Crippen LogP) is 9.84. The summed E-state index contributed by atoms with van der Waals surface area (Å²) in [5.41, 5.74) is 7.33. The van der Waals surface area contributed by atoms with E-state index in [1.165, 1.54) is 98.4 Å². The van der Waals surface area contributed by atoms with Crippen LogP contribution in [0.4, 0.5) is 0 Å². The van der Waals surface area contributed by atoms with Crippen LogP contribution in [0.15, 0.2) is 72.8 Å². The number of rotatable bonds is 12. The number of halogens is 1. The van der Waals surface area contributed by atoms with Crippen LogP contribution in [0, 0.1) is 11.8 Å². The Morgan fingerprint density at radius 3 is 1.26 bits per heavy atom. The van der Waals surface area contributed by atoms with E-state index in [4.69, 9.17) is 11.6 Å². The lowest BCUT2D eigenvalue weighted by molar-refractivity contribution is 0.253. The van der Waals surface area contributed by atoms with Crippen molar-refractivity contribution in [2.75, 3.05) is 0 Å². The molecule has 0 nitrogen and oxygen atoms in total. The highest BCUT2D eigenvalue weighted by molar-refractivity contribution is 6.30. The van der Waals surface area contributed by atoms with E-state index >= 15 is 0 Å². The first kappa shape index (κ1) is 26.0. The van der Waals surface area contributed by atoms with E-state index in [2.05, 4.69) is 67.6 Å². The molecule has 3 aromatic carbocycles. The molecule has 35 heavy (non-hydrogen) atoms. The highest BCUT2D eigenvalue weighted by Crippen LogP contribution is 2.34. The van der Waals surface area contributed by atoms with Crippen molar-refractivity contribution in [3.63, 3.8) is 0 Å². The Hall–Kier alpha value is -2.05. The summed E-state index contributed by atoms with van der Waals surface area (Å²) < 4.78 is 0. The SMILES string of the molecule is CCCCc1ccc(CCC2CCC(CCc3ccc(CCc4ccc(Cl)cc4)cc3)CC2)cc1. The molecule has 0 radical (unpaired) electrons. The zero-order chi connectivity index (χ0) is 24.3. The maximum absolute atomic E-state index is 5.99. The molecule has 0 aromatic heterocycles. The van der Waals surface area contributed by atoms with Crippen LogP contribution in [0.5, 0.6) is 0 Å². The monoisotopic (exact) mass is 486 g/mol. The van der Waals surface area contributed by atoms with Gasteiger partial charge in [0.25, 0.3) is 0 Å². The van der Waals surface area contributed by atoms with Crippen LogP contribution in [0.25, 0.3) is 0 Å². The highest BCUT2D eigenvalue weighted by Gasteiger charge is 2.20. The molecule has 186 valence electrons. The quantitative estimate of drug-likeness (QED) is 0.239. The van der Waals surface area contributed by atoms with Gasteiger partial charge in [-0.05, 0) is 103 Å². The molecule has 1 saturated carbocycles. The standard InChI is InChI=1S/C34H43Cl/c1-2-3-4-27-5-7-28(8-6-27)9-10-29-11-13-30(14-12-29)15-16-31-17-19-32(20-18-31)21-22-33-23-25-34(35)26-24-33/h5-8,17-20,23-26,29-30H,2-4,9-16,21-22H2,1H3. The van der Waals surface area contributed by atoms with Crippen molar-refractivity contribution in [1.82, 2.24) is 0 Å². The first-order valence-electron chi connectivity index (χ1n) is 14.1. The molecule has 3 aromatic rings. The number of hydrogen-bond acceptors (Lipinski definition) is 0. The van der Waals surface area contributed by atoms with Gasteiger partial charge in [0.1, 0.15) is 0 Å². The maximum atomic E-state index is 5.99. The Morgan fingerprint density at radius 1 is 0.514 bits per heavy atom. The molecule has 1 aliphatic carbocycles. The van der Waals surface area contributed by atoms with E-state index < -0.39 is 0 Å². The maximum Gasteiger partial charge on any atom is 0.0406 e. The fourth-order valence-electron chi connectivity index (χ4n) is 5.62. The molecule has 0 heterocycles. The van der Waals surface area contributed by atoms with Gasteiger partial charge in [-0.15, -0.1) is 0 Å². The molecule has 1 fully saturated rings. The summed E-state index contributed by atoms with van der Waals surface area (Å²) in [6.45, 7) is 2.27. The summed E-state index contributed by atoms with van der Waals surface area (Å²) in [6, 6.07) is 27.1. The molecule has 4 rings (SSSR count). The van der Waals surface area contributed by atoms with E-state index in [1.54, 1.807) is 0 Å². The Kier molecular flexibility index (Phi) is 10.3. The molecule has 0 unspecified atom stereocenters. The van der Waals surface area contributed by atoms with Crippen molar-refractivity contribution in [3.05, 3.63) is 106 Å². The molecule has 0 N–H and O–H groups in total. The van der Waals surface area contributed by atoms with Gasteiger partial charge in [0.2, 0.25) is 0 Å². The Labute approximate surface area is 219 Å². The molecular weight excluding hydrogens is 444 g/mol. The summed E-state index contributed by atoms with van der Waals surface area (Å²) in [7, 11) is 0. The third-order valence-corrected chi connectivity index (χ3v) is 8.38.